The summed E-state index contributed by atoms with van der Waals surface area (Å²) in [5.74, 6) is -0.204. The van der Waals surface area contributed by atoms with E-state index in [1.807, 2.05) is 19.1 Å². The van der Waals surface area contributed by atoms with Gasteiger partial charge in [-0.15, -0.1) is 0 Å². The molecular weight excluding hydrogens is 534 g/mol. The number of hydrogen-bond acceptors (Lipinski definition) is 5. The van der Waals surface area contributed by atoms with Gasteiger partial charge >= 0.3 is 0 Å². The molecule has 1 saturated heterocycles. The van der Waals surface area contributed by atoms with Crippen molar-refractivity contribution in [3.05, 3.63) is 45.9 Å². The summed E-state index contributed by atoms with van der Waals surface area (Å²) in [6, 6.07) is 8.91. The van der Waals surface area contributed by atoms with Crippen LogP contribution >= 0.6 is 15.9 Å². The topological polar surface area (TPSA) is 96.0 Å². The average molecular weight is 565 g/mol. The van der Waals surface area contributed by atoms with Crippen molar-refractivity contribution in [2.45, 2.75) is 44.4 Å². The first-order valence-electron chi connectivity index (χ1n) is 11.7. The molecule has 35 heavy (non-hydrogen) atoms. The van der Waals surface area contributed by atoms with Gasteiger partial charge in [0.25, 0.3) is 0 Å². The van der Waals surface area contributed by atoms with Gasteiger partial charge in [-0.1, -0.05) is 13.0 Å². The standard InChI is InChI=1S/C25H30BrN3O5S/c1-4-24(30)29-11-9-17-13-19(26)23(14-21(17)29)35(32,33)28-10-5-6-18(15-28)25(31)27-20-12-16(2)7-8-22(20)34-3/h7-8,12-14,18H,4-6,9-11,15H2,1-3H3,(H,27,31)/t18-/m0/s1. The van der Waals surface area contributed by atoms with Crippen LogP contribution in [0.5, 0.6) is 5.75 Å². The van der Waals surface area contributed by atoms with Crippen molar-refractivity contribution < 1.29 is 22.7 Å². The van der Waals surface area contributed by atoms with Gasteiger partial charge in [0.2, 0.25) is 21.8 Å². The molecule has 0 aromatic heterocycles. The number of sulfonamides is 1. The smallest absolute Gasteiger partial charge is 0.244 e. The third-order valence-corrected chi connectivity index (χ3v) is 9.44. The maximum atomic E-state index is 13.7. The van der Waals surface area contributed by atoms with E-state index < -0.39 is 15.9 Å². The molecule has 1 N–H and O–H groups in total. The predicted molar refractivity (Wildman–Crippen MR) is 138 cm³/mol. The van der Waals surface area contributed by atoms with Gasteiger partial charge in [0.15, 0.2) is 0 Å². The lowest BCUT2D eigenvalue weighted by atomic mass is 9.98. The number of rotatable bonds is 6. The zero-order valence-corrected chi connectivity index (χ0v) is 22.5. The number of aryl methyl sites for hydroxylation is 1. The summed E-state index contributed by atoms with van der Waals surface area (Å²) in [5, 5.41) is 2.91. The molecule has 10 heteroatoms. The van der Waals surface area contributed by atoms with E-state index in [4.69, 9.17) is 4.74 Å². The van der Waals surface area contributed by atoms with Crippen LogP contribution < -0.4 is 15.0 Å². The number of fused-ring (bicyclic) bond motifs is 1. The summed E-state index contributed by atoms with van der Waals surface area (Å²) in [5.41, 5.74) is 3.14. The van der Waals surface area contributed by atoms with Crippen LogP contribution in [0.3, 0.4) is 0 Å². The first kappa shape index (κ1) is 25.7. The molecule has 1 atom stereocenters. The molecule has 2 aromatic rings. The fraction of sp³-hybridized carbons (Fsp3) is 0.440. The van der Waals surface area contributed by atoms with Crippen molar-refractivity contribution in [3.63, 3.8) is 0 Å². The minimum absolute atomic E-state index is 0.0318. The van der Waals surface area contributed by atoms with Gasteiger partial charge in [-0.05, 0) is 77.5 Å². The van der Waals surface area contributed by atoms with Crippen LogP contribution in [-0.4, -0.2) is 51.3 Å². The fourth-order valence-corrected chi connectivity index (χ4v) is 7.30. The molecule has 188 valence electrons. The van der Waals surface area contributed by atoms with Gasteiger partial charge in [0.1, 0.15) is 5.75 Å². The van der Waals surface area contributed by atoms with Crippen molar-refractivity contribution >= 4 is 49.1 Å². The molecule has 2 aliphatic heterocycles. The van der Waals surface area contributed by atoms with Gasteiger partial charge in [0, 0.05) is 36.2 Å². The highest BCUT2D eigenvalue weighted by atomic mass is 79.9. The Balaban J connectivity index is 1.56. The van der Waals surface area contributed by atoms with E-state index in [0.717, 1.165) is 11.1 Å². The van der Waals surface area contributed by atoms with E-state index >= 15 is 0 Å². The summed E-state index contributed by atoms with van der Waals surface area (Å²) < 4.78 is 34.5. The van der Waals surface area contributed by atoms with Crippen molar-refractivity contribution in [3.8, 4) is 5.75 Å². The van der Waals surface area contributed by atoms with Crippen LogP contribution in [0.15, 0.2) is 39.7 Å². The van der Waals surface area contributed by atoms with Crippen molar-refractivity contribution in [2.75, 3.05) is 37.0 Å². The highest BCUT2D eigenvalue weighted by Gasteiger charge is 2.36. The normalized spacial score (nSPS) is 18.3. The minimum Gasteiger partial charge on any atom is -0.495 e. The van der Waals surface area contributed by atoms with Gasteiger partial charge < -0.3 is 15.0 Å². The zero-order valence-electron chi connectivity index (χ0n) is 20.1. The lowest BCUT2D eigenvalue weighted by molar-refractivity contribution is -0.121. The Morgan fingerprint density at radius 3 is 2.69 bits per heavy atom. The second kappa shape index (κ2) is 10.3. The van der Waals surface area contributed by atoms with E-state index in [-0.39, 0.29) is 23.3 Å². The summed E-state index contributed by atoms with van der Waals surface area (Å²) in [4.78, 5) is 27.2. The Kier molecular flexibility index (Phi) is 7.54. The second-order valence-electron chi connectivity index (χ2n) is 8.96. The second-order valence-corrected chi connectivity index (χ2v) is 11.7. The quantitative estimate of drug-likeness (QED) is 0.570. The molecule has 0 saturated carbocycles. The average Bonchev–Trinajstić information content (AvgIpc) is 3.26. The molecule has 2 aromatic carbocycles. The summed E-state index contributed by atoms with van der Waals surface area (Å²) >= 11 is 3.43. The number of nitrogens with zero attached hydrogens (tertiary/aromatic N) is 2. The first-order chi connectivity index (χ1) is 16.6. The van der Waals surface area contributed by atoms with Crippen LogP contribution in [0.2, 0.25) is 0 Å². The highest BCUT2D eigenvalue weighted by Crippen LogP contribution is 2.38. The van der Waals surface area contributed by atoms with Crippen molar-refractivity contribution in [1.29, 1.82) is 0 Å². The molecule has 0 radical (unpaired) electrons. The van der Waals surface area contributed by atoms with Crippen molar-refractivity contribution in [2.24, 2.45) is 5.92 Å². The van der Waals surface area contributed by atoms with E-state index in [1.165, 1.54) is 4.31 Å². The Hall–Kier alpha value is -2.43. The van der Waals surface area contributed by atoms with E-state index in [1.54, 1.807) is 37.1 Å². The van der Waals surface area contributed by atoms with Gasteiger partial charge in [-0.2, -0.15) is 4.31 Å². The van der Waals surface area contributed by atoms with E-state index in [0.29, 0.717) is 60.4 Å². The number of hydrogen-bond donors (Lipinski definition) is 1. The maximum Gasteiger partial charge on any atom is 0.244 e. The summed E-state index contributed by atoms with van der Waals surface area (Å²) in [7, 11) is -2.34. The van der Waals surface area contributed by atoms with Crippen LogP contribution in [-0.2, 0) is 26.0 Å². The monoisotopic (exact) mass is 563 g/mol. The number of carbonyl (C=O) groups excluding carboxylic acids is 2. The maximum absolute atomic E-state index is 13.7. The van der Waals surface area contributed by atoms with Crippen molar-refractivity contribution in [1.82, 2.24) is 4.31 Å². The highest BCUT2D eigenvalue weighted by molar-refractivity contribution is 9.10. The van der Waals surface area contributed by atoms with Gasteiger partial charge in [0.05, 0.1) is 23.6 Å². The number of methoxy groups -OCH3 is 1. The number of piperidine rings is 1. The Labute approximate surface area is 214 Å². The molecule has 0 bridgehead atoms. The van der Waals surface area contributed by atoms with Crippen LogP contribution in [0.4, 0.5) is 11.4 Å². The lowest BCUT2D eigenvalue weighted by Gasteiger charge is -2.32. The lowest BCUT2D eigenvalue weighted by Crippen LogP contribution is -2.43. The molecule has 2 amide bonds. The van der Waals surface area contributed by atoms with Crippen LogP contribution in [0.25, 0.3) is 0 Å². The molecular formula is C25H30BrN3O5S. The number of halogens is 1. The number of ether oxygens (including phenoxy) is 1. The summed E-state index contributed by atoms with van der Waals surface area (Å²) in [6.45, 7) is 4.69. The summed E-state index contributed by atoms with van der Waals surface area (Å²) in [6.07, 6.45) is 2.21. The third kappa shape index (κ3) is 5.10. The van der Waals surface area contributed by atoms with Crippen LogP contribution in [0.1, 0.15) is 37.3 Å². The number of benzene rings is 2. The van der Waals surface area contributed by atoms with Gasteiger partial charge in [-0.25, -0.2) is 8.42 Å². The zero-order chi connectivity index (χ0) is 25.3. The van der Waals surface area contributed by atoms with E-state index in [9.17, 15) is 18.0 Å². The number of amides is 2. The third-order valence-electron chi connectivity index (χ3n) is 6.62. The minimum atomic E-state index is -3.89. The first-order valence-corrected chi connectivity index (χ1v) is 14.0. The molecule has 0 aliphatic carbocycles. The Morgan fingerprint density at radius 2 is 1.97 bits per heavy atom. The fourth-order valence-electron chi connectivity index (χ4n) is 4.70. The van der Waals surface area contributed by atoms with E-state index in [2.05, 4.69) is 21.2 Å². The predicted octanol–water partition coefficient (Wildman–Crippen LogP) is 4.10. The Bertz CT molecular complexity index is 1260. The number of nitrogens with one attached hydrogen (secondary N) is 1. The molecule has 2 heterocycles. The SMILES string of the molecule is CCC(=O)N1CCc2cc(Br)c(S(=O)(=O)N3CCC[C@H](C(=O)Nc4cc(C)ccc4OC)C3)cc21. The van der Waals surface area contributed by atoms with Crippen LogP contribution in [0, 0.1) is 12.8 Å². The Morgan fingerprint density at radius 1 is 1.20 bits per heavy atom. The number of anilines is 2. The molecule has 1 fully saturated rings. The molecule has 4 rings (SSSR count). The number of carbonyl (C=O) groups is 2. The molecule has 8 nitrogen and oxygen atoms in total. The molecule has 0 spiro atoms. The molecule has 2 aliphatic rings. The largest absolute Gasteiger partial charge is 0.495 e. The molecule has 0 unspecified atom stereocenters. The van der Waals surface area contributed by atoms with Gasteiger partial charge in [-0.3, -0.25) is 9.59 Å².